The van der Waals surface area contributed by atoms with Crippen molar-refractivity contribution in [2.75, 3.05) is 7.11 Å². The zero-order chi connectivity index (χ0) is 13.6. The lowest BCUT2D eigenvalue weighted by Gasteiger charge is -2.27. The quantitative estimate of drug-likeness (QED) is 0.835. The monoisotopic (exact) mass is 263 g/mol. The van der Waals surface area contributed by atoms with Crippen molar-refractivity contribution < 1.29 is 9.53 Å². The molecule has 0 aliphatic heterocycles. The lowest BCUT2D eigenvalue weighted by Crippen LogP contribution is -2.41. The molecule has 3 rings (SSSR count). The molecule has 1 heterocycles. The van der Waals surface area contributed by atoms with Gasteiger partial charge in [0.1, 0.15) is 5.69 Å². The number of aromatic nitrogens is 2. The maximum Gasteiger partial charge on any atom is 0.189 e. The number of Topliss-reactive ketones (excluding diaryl/α,β-unsaturated/α-hetero) is 1. The molecule has 2 saturated carbocycles. The van der Waals surface area contributed by atoms with Gasteiger partial charge in [0.05, 0.1) is 13.3 Å². The molecular weight excluding hydrogens is 242 g/mol. The van der Waals surface area contributed by atoms with Crippen molar-refractivity contribution in [3.05, 3.63) is 11.9 Å². The maximum absolute atomic E-state index is 12.8. The number of ketones is 1. The van der Waals surface area contributed by atoms with Crippen LogP contribution in [0.2, 0.25) is 0 Å². The summed E-state index contributed by atoms with van der Waals surface area (Å²) < 4.78 is 7.00. The summed E-state index contributed by atoms with van der Waals surface area (Å²) in [6.07, 6.45) is 5.05. The number of rotatable bonds is 4. The molecule has 104 valence electrons. The molecule has 1 aromatic heterocycles. The third-order valence-electron chi connectivity index (χ3n) is 4.84. The van der Waals surface area contributed by atoms with Gasteiger partial charge in [-0.1, -0.05) is 0 Å². The SMILES string of the molecule is CCn1ncc(OC)c1C(=O)C1C2CCC(C2)C1N. The van der Waals surface area contributed by atoms with Crippen LogP contribution in [0.5, 0.6) is 5.75 Å². The number of hydrogen-bond donors (Lipinski definition) is 1. The van der Waals surface area contributed by atoms with Crippen molar-refractivity contribution in [2.45, 2.75) is 38.8 Å². The minimum atomic E-state index is -0.0466. The minimum absolute atomic E-state index is 0.0103. The number of nitrogens with zero attached hydrogens (tertiary/aromatic N) is 2. The summed E-state index contributed by atoms with van der Waals surface area (Å²) in [5.41, 5.74) is 6.86. The molecule has 2 aliphatic carbocycles. The zero-order valence-electron chi connectivity index (χ0n) is 11.5. The Labute approximate surface area is 113 Å². The van der Waals surface area contributed by atoms with E-state index in [9.17, 15) is 4.79 Å². The molecule has 5 nitrogen and oxygen atoms in total. The fraction of sp³-hybridized carbons (Fsp3) is 0.714. The first-order chi connectivity index (χ1) is 9.17. The number of aryl methyl sites for hydroxylation is 1. The van der Waals surface area contributed by atoms with Crippen molar-refractivity contribution in [3.63, 3.8) is 0 Å². The molecule has 4 unspecified atom stereocenters. The summed E-state index contributed by atoms with van der Waals surface area (Å²) >= 11 is 0. The third kappa shape index (κ3) is 1.79. The Bertz CT molecular complexity index is 473. The van der Waals surface area contributed by atoms with Crippen molar-refractivity contribution in [2.24, 2.45) is 23.5 Å². The molecule has 1 aromatic rings. The van der Waals surface area contributed by atoms with E-state index in [2.05, 4.69) is 5.10 Å². The van der Waals surface area contributed by atoms with Gasteiger partial charge in [-0.2, -0.15) is 5.10 Å². The predicted octanol–water partition coefficient (Wildman–Crippen LogP) is 1.47. The fourth-order valence-corrected chi connectivity index (χ4v) is 3.89. The van der Waals surface area contributed by atoms with Gasteiger partial charge in [-0.3, -0.25) is 9.48 Å². The molecule has 19 heavy (non-hydrogen) atoms. The van der Waals surface area contributed by atoms with Crippen molar-refractivity contribution in [3.8, 4) is 5.75 Å². The Balaban J connectivity index is 1.94. The second-order valence-electron chi connectivity index (χ2n) is 5.68. The Morgan fingerprint density at radius 1 is 1.53 bits per heavy atom. The molecule has 4 atom stereocenters. The molecule has 2 fully saturated rings. The van der Waals surface area contributed by atoms with E-state index in [1.54, 1.807) is 18.0 Å². The number of methoxy groups -OCH3 is 1. The summed E-state index contributed by atoms with van der Waals surface area (Å²) in [5.74, 6) is 1.63. The number of fused-ring (bicyclic) bond motifs is 2. The molecule has 0 aromatic carbocycles. The first-order valence-corrected chi connectivity index (χ1v) is 7.07. The van der Waals surface area contributed by atoms with Crippen LogP contribution in [-0.2, 0) is 6.54 Å². The molecule has 5 heteroatoms. The highest BCUT2D eigenvalue weighted by Crippen LogP contribution is 2.49. The van der Waals surface area contributed by atoms with E-state index in [-0.39, 0.29) is 17.7 Å². The van der Waals surface area contributed by atoms with Gasteiger partial charge in [0.2, 0.25) is 0 Å². The van der Waals surface area contributed by atoms with Crippen molar-refractivity contribution in [1.29, 1.82) is 0 Å². The topological polar surface area (TPSA) is 70.1 Å². The maximum atomic E-state index is 12.8. The van der Waals surface area contributed by atoms with Gasteiger partial charge in [0, 0.05) is 18.5 Å². The fourth-order valence-electron chi connectivity index (χ4n) is 3.89. The van der Waals surface area contributed by atoms with Crippen LogP contribution < -0.4 is 10.5 Å². The number of ether oxygens (including phenoxy) is 1. The summed E-state index contributed by atoms with van der Waals surface area (Å²) in [5, 5.41) is 4.22. The van der Waals surface area contributed by atoms with Crippen LogP contribution in [0.15, 0.2) is 6.20 Å². The van der Waals surface area contributed by atoms with Crippen LogP contribution in [0, 0.1) is 17.8 Å². The first kappa shape index (κ1) is 12.7. The third-order valence-corrected chi connectivity index (χ3v) is 4.84. The number of carbonyl (C=O) groups is 1. The van der Waals surface area contributed by atoms with E-state index in [1.807, 2.05) is 6.92 Å². The predicted molar refractivity (Wildman–Crippen MR) is 71.1 cm³/mol. The van der Waals surface area contributed by atoms with Gasteiger partial charge >= 0.3 is 0 Å². The molecule has 0 radical (unpaired) electrons. The van der Waals surface area contributed by atoms with E-state index in [0.717, 1.165) is 12.8 Å². The smallest absolute Gasteiger partial charge is 0.189 e. The first-order valence-electron chi connectivity index (χ1n) is 7.07. The summed E-state index contributed by atoms with van der Waals surface area (Å²) in [6, 6.07) is 0.0103. The van der Waals surface area contributed by atoms with Gasteiger partial charge < -0.3 is 10.5 Å². The minimum Gasteiger partial charge on any atom is -0.493 e. The number of nitrogens with two attached hydrogens (primary N) is 1. The largest absolute Gasteiger partial charge is 0.493 e. The lowest BCUT2D eigenvalue weighted by molar-refractivity contribution is 0.0841. The van der Waals surface area contributed by atoms with Crippen LogP contribution in [0.1, 0.15) is 36.7 Å². The second kappa shape index (κ2) is 4.63. The average Bonchev–Trinajstić information content (AvgIpc) is 3.10. The van der Waals surface area contributed by atoms with Crippen LogP contribution in [0.4, 0.5) is 0 Å². The van der Waals surface area contributed by atoms with Crippen molar-refractivity contribution in [1.82, 2.24) is 9.78 Å². The van der Waals surface area contributed by atoms with Gasteiger partial charge in [0.15, 0.2) is 11.5 Å². The van der Waals surface area contributed by atoms with E-state index >= 15 is 0 Å². The van der Waals surface area contributed by atoms with Crippen LogP contribution >= 0.6 is 0 Å². The van der Waals surface area contributed by atoms with Crippen LogP contribution in [0.25, 0.3) is 0 Å². The Kier molecular flexibility index (Phi) is 3.09. The van der Waals surface area contributed by atoms with Crippen LogP contribution in [0.3, 0.4) is 0 Å². The van der Waals surface area contributed by atoms with E-state index in [4.69, 9.17) is 10.5 Å². The summed E-state index contributed by atoms with van der Waals surface area (Å²) in [6.45, 7) is 2.64. The highest BCUT2D eigenvalue weighted by molar-refractivity contribution is 5.99. The lowest BCUT2D eigenvalue weighted by atomic mass is 9.81. The molecular formula is C14H21N3O2. The zero-order valence-corrected chi connectivity index (χ0v) is 11.5. The Morgan fingerprint density at radius 2 is 2.26 bits per heavy atom. The molecule has 0 amide bonds. The van der Waals surface area contributed by atoms with E-state index < -0.39 is 0 Å². The van der Waals surface area contributed by atoms with E-state index in [1.165, 1.54) is 6.42 Å². The molecule has 0 saturated heterocycles. The number of carbonyl (C=O) groups excluding carboxylic acids is 1. The van der Waals surface area contributed by atoms with E-state index in [0.29, 0.717) is 29.8 Å². The van der Waals surface area contributed by atoms with Gasteiger partial charge in [-0.25, -0.2) is 0 Å². The normalized spacial score (nSPS) is 32.8. The van der Waals surface area contributed by atoms with Crippen molar-refractivity contribution >= 4 is 5.78 Å². The van der Waals surface area contributed by atoms with Gasteiger partial charge in [-0.15, -0.1) is 0 Å². The highest BCUT2D eigenvalue weighted by atomic mass is 16.5. The Hall–Kier alpha value is -1.36. The molecule has 0 spiro atoms. The van der Waals surface area contributed by atoms with Gasteiger partial charge in [-0.05, 0) is 38.0 Å². The summed E-state index contributed by atoms with van der Waals surface area (Å²) in [4.78, 5) is 12.8. The standard InChI is InChI=1S/C14H21N3O2/c1-3-17-13(10(19-2)7-16-17)14(18)11-8-4-5-9(6-8)12(11)15/h7-9,11-12H,3-6,15H2,1-2H3. The average molecular weight is 263 g/mol. The second-order valence-corrected chi connectivity index (χ2v) is 5.68. The Morgan fingerprint density at radius 3 is 2.84 bits per heavy atom. The van der Waals surface area contributed by atoms with Gasteiger partial charge in [0.25, 0.3) is 0 Å². The van der Waals surface area contributed by atoms with Crippen LogP contribution in [-0.4, -0.2) is 28.7 Å². The summed E-state index contributed by atoms with van der Waals surface area (Å²) in [7, 11) is 1.58. The molecule has 2 N–H and O–H groups in total. The number of hydrogen-bond acceptors (Lipinski definition) is 4. The molecule has 2 aliphatic rings. The molecule has 2 bridgehead atoms. The highest BCUT2D eigenvalue weighted by Gasteiger charge is 2.50.